The van der Waals surface area contributed by atoms with Gasteiger partial charge in [0.1, 0.15) is 0 Å². The van der Waals surface area contributed by atoms with Crippen molar-refractivity contribution in [3.05, 3.63) is 21.4 Å². The molecule has 0 unspecified atom stereocenters. The third kappa shape index (κ3) is 5.14. The number of hydrogen-bond acceptors (Lipinski definition) is 0. The van der Waals surface area contributed by atoms with Crippen molar-refractivity contribution in [2.45, 2.75) is 11.4 Å². The van der Waals surface area contributed by atoms with Crippen molar-refractivity contribution >= 4 is 19.6 Å². The van der Waals surface area contributed by atoms with E-state index in [1.54, 1.807) is 0 Å². The van der Waals surface area contributed by atoms with Gasteiger partial charge in [0, 0.05) is 0 Å². The molecule has 0 radical (unpaired) electrons. The molecule has 8 heavy (non-hydrogen) atoms. The summed E-state index contributed by atoms with van der Waals surface area (Å²) in [5, 5.41) is 0. The van der Waals surface area contributed by atoms with Crippen LogP contribution in [0.3, 0.4) is 0 Å². The molecule has 0 saturated carbocycles. The molecule has 0 heterocycles. The van der Waals surface area contributed by atoms with E-state index in [1.807, 2.05) is 0 Å². The Morgan fingerprint density at radius 2 is 1.75 bits per heavy atom. The van der Waals surface area contributed by atoms with E-state index in [2.05, 4.69) is 28.3 Å². The molecule has 0 fully saturated rings. The summed E-state index contributed by atoms with van der Waals surface area (Å²) in [6.45, 7) is 9.61. The molecule has 0 aromatic rings. The third-order valence-electron chi connectivity index (χ3n) is 0.761. The summed E-state index contributed by atoms with van der Waals surface area (Å²) >= 11 is -0.903. The minimum Gasteiger partial charge on any atom is -1.00 e. The molecule has 48 valence electrons. The first-order valence-corrected chi connectivity index (χ1v) is 6.62. The van der Waals surface area contributed by atoms with Crippen LogP contribution in [0.25, 0.3) is 0 Å². The van der Waals surface area contributed by atoms with Gasteiger partial charge in [0.2, 0.25) is 0 Å². The molecular weight excluding hydrogens is 327 g/mol. The molecule has 0 bridgehead atoms. The van der Waals surface area contributed by atoms with Gasteiger partial charge in [-0.15, -0.1) is 0 Å². The molecule has 0 aliphatic rings. The van der Waals surface area contributed by atoms with E-state index >= 15 is 0 Å². The van der Waals surface area contributed by atoms with Crippen LogP contribution in [0.15, 0.2) is 21.4 Å². The first-order chi connectivity index (χ1) is 3.35. The fourth-order valence-electron chi connectivity index (χ4n) is 0.304. The predicted molar refractivity (Wildman–Crippen MR) is 36.6 cm³/mol. The molecule has 0 aliphatic heterocycles. The van der Waals surface area contributed by atoms with Crippen LogP contribution in [0.1, 0.15) is 6.92 Å². The average molecular weight is 338 g/mol. The Bertz CT molecular complexity index is 62.9. The van der Waals surface area contributed by atoms with E-state index < -0.39 is 19.6 Å². The van der Waals surface area contributed by atoms with Crippen molar-refractivity contribution in [1.29, 1.82) is 0 Å². The summed E-state index contributed by atoms with van der Waals surface area (Å²) in [6, 6.07) is 0. The maximum Gasteiger partial charge on any atom is -1.00 e. The number of rotatable bonds is 3. The molecule has 2 heteroatoms. The van der Waals surface area contributed by atoms with E-state index in [0.717, 1.165) is 0 Å². The van der Waals surface area contributed by atoms with Crippen LogP contribution in [-0.4, -0.2) is 19.6 Å². The molecule has 0 saturated heterocycles. The van der Waals surface area contributed by atoms with Gasteiger partial charge in [-0.3, -0.25) is 0 Å². The van der Waals surface area contributed by atoms with Crippen molar-refractivity contribution in [3.8, 4) is 0 Å². The summed E-state index contributed by atoms with van der Waals surface area (Å²) < 4.78 is 5.45. The summed E-state index contributed by atoms with van der Waals surface area (Å²) in [5.74, 6) is 0. The zero-order chi connectivity index (χ0) is 5.70. The second-order valence-corrected chi connectivity index (χ2v) is 7.32. The maximum atomic E-state index is 3.71. The zero-order valence-electron chi connectivity index (χ0n) is 5.06. The van der Waals surface area contributed by atoms with E-state index in [1.165, 1.54) is 4.47 Å². The summed E-state index contributed by atoms with van der Waals surface area (Å²) in [6.07, 6.45) is 0. The minimum atomic E-state index is -0.903. The largest absolute Gasteiger partial charge is 1.00 e. The van der Waals surface area contributed by atoms with Crippen molar-refractivity contribution in [2.24, 2.45) is 0 Å². The molecular formula is C6H11ITe. The quantitative estimate of drug-likeness (QED) is 0.456. The van der Waals surface area contributed by atoms with Crippen LogP contribution in [0, 0.1) is 0 Å². The van der Waals surface area contributed by atoms with Crippen molar-refractivity contribution in [2.75, 3.05) is 0 Å². The topological polar surface area (TPSA) is 0 Å². The van der Waals surface area contributed by atoms with Gasteiger partial charge >= 0.3 is 52.3 Å². The van der Waals surface area contributed by atoms with E-state index in [0.29, 0.717) is 0 Å². The first-order valence-electron chi connectivity index (χ1n) is 2.28. The van der Waals surface area contributed by atoms with Gasteiger partial charge in [-0.1, -0.05) is 0 Å². The molecule has 0 spiro atoms. The standard InChI is InChI=1S/C6H11Te.HI/c1-4-7(5-2)6-3;/h4-5H,1-2,6H2,3H3;1H/q+1;/p-1. The van der Waals surface area contributed by atoms with E-state index in [4.69, 9.17) is 0 Å². The van der Waals surface area contributed by atoms with Gasteiger partial charge in [0.15, 0.2) is 0 Å². The van der Waals surface area contributed by atoms with Gasteiger partial charge in [-0.05, 0) is 0 Å². The molecule has 0 aromatic heterocycles. The zero-order valence-corrected chi connectivity index (χ0v) is 9.55. The van der Waals surface area contributed by atoms with Crippen LogP contribution >= 0.6 is 0 Å². The number of halogens is 1. The third-order valence-corrected chi connectivity index (χ3v) is 5.11. The van der Waals surface area contributed by atoms with Crippen molar-refractivity contribution in [1.82, 2.24) is 0 Å². The molecule has 0 N–H and O–H groups in total. The molecule has 0 nitrogen and oxygen atoms in total. The Morgan fingerprint density at radius 1 is 1.38 bits per heavy atom. The predicted octanol–water partition coefficient (Wildman–Crippen LogP) is -1.04. The van der Waals surface area contributed by atoms with Gasteiger partial charge in [0.25, 0.3) is 0 Å². The SMILES string of the molecule is C=C[Te+](C=C)CC.[I-]. The van der Waals surface area contributed by atoms with Gasteiger partial charge in [-0.25, -0.2) is 0 Å². The average Bonchev–Trinajstić information content (AvgIpc) is 1.72. The van der Waals surface area contributed by atoms with Crippen LogP contribution < -0.4 is 24.0 Å². The summed E-state index contributed by atoms with van der Waals surface area (Å²) in [4.78, 5) is 0. The normalized spacial score (nSPS) is 7.75. The molecule has 0 rings (SSSR count). The molecule has 0 atom stereocenters. The van der Waals surface area contributed by atoms with Crippen LogP contribution in [0.4, 0.5) is 0 Å². The van der Waals surface area contributed by atoms with Crippen LogP contribution in [0.5, 0.6) is 0 Å². The van der Waals surface area contributed by atoms with Crippen LogP contribution in [-0.2, 0) is 0 Å². The smallest absolute Gasteiger partial charge is 1.00 e. The second kappa shape index (κ2) is 8.00. The van der Waals surface area contributed by atoms with Gasteiger partial charge < -0.3 is 24.0 Å². The van der Waals surface area contributed by atoms with Gasteiger partial charge in [0.05, 0.1) is 0 Å². The maximum absolute atomic E-state index is 3.71. The monoisotopic (exact) mass is 340 g/mol. The fourth-order valence-corrected chi connectivity index (χ4v) is 2.04. The summed E-state index contributed by atoms with van der Waals surface area (Å²) in [5.41, 5.74) is 0. The minimum absolute atomic E-state index is 0. The van der Waals surface area contributed by atoms with Crippen molar-refractivity contribution < 1.29 is 24.0 Å². The van der Waals surface area contributed by atoms with E-state index in [-0.39, 0.29) is 24.0 Å². The Morgan fingerprint density at radius 3 is 1.75 bits per heavy atom. The summed E-state index contributed by atoms with van der Waals surface area (Å²) in [7, 11) is 0. The fraction of sp³-hybridized carbons (Fsp3) is 0.333. The Labute approximate surface area is 75.7 Å². The van der Waals surface area contributed by atoms with Gasteiger partial charge in [-0.2, -0.15) is 0 Å². The Balaban J connectivity index is 0. The first kappa shape index (κ1) is 11.8. The van der Waals surface area contributed by atoms with Crippen molar-refractivity contribution in [3.63, 3.8) is 0 Å². The van der Waals surface area contributed by atoms with Crippen LogP contribution in [0.2, 0.25) is 4.47 Å². The Kier molecular flexibility index (Phi) is 11.8. The Hall–Kier alpha value is 1.000. The number of hydrogen-bond donors (Lipinski definition) is 0. The molecule has 0 aliphatic carbocycles. The molecule has 0 amide bonds. The molecule has 0 aromatic carbocycles. The second-order valence-electron chi connectivity index (χ2n) is 1.09. The van der Waals surface area contributed by atoms with E-state index in [9.17, 15) is 0 Å².